The van der Waals surface area contributed by atoms with Gasteiger partial charge in [-0.3, -0.25) is 0 Å². The van der Waals surface area contributed by atoms with Crippen LogP contribution in [-0.4, -0.2) is 24.3 Å². The van der Waals surface area contributed by atoms with Crippen molar-refractivity contribution in [1.82, 2.24) is 4.57 Å². The first-order valence-electron chi connectivity index (χ1n) is 7.72. The van der Waals surface area contributed by atoms with Crippen LogP contribution in [0.15, 0.2) is 53.0 Å². The van der Waals surface area contributed by atoms with Crippen LogP contribution in [0.2, 0.25) is 0 Å². The van der Waals surface area contributed by atoms with Crippen molar-refractivity contribution in [1.29, 1.82) is 0 Å². The largest absolute Gasteiger partial charge is 0.497 e. The number of benzene rings is 2. The summed E-state index contributed by atoms with van der Waals surface area (Å²) in [7, 11) is 1.64. The van der Waals surface area contributed by atoms with Crippen LogP contribution >= 0.6 is 15.9 Å². The average Bonchev–Trinajstić information content (AvgIpc) is 2.96. The number of nitrogens with zero attached hydrogens (tertiary/aromatic N) is 1. The number of hydrogen-bond donors (Lipinski definition) is 0. The highest BCUT2D eigenvalue weighted by atomic mass is 79.9. The van der Waals surface area contributed by atoms with E-state index < -0.39 is 0 Å². The number of methoxy groups -OCH3 is 1. The van der Waals surface area contributed by atoms with Crippen molar-refractivity contribution < 1.29 is 14.3 Å². The first-order chi connectivity index (χ1) is 11.6. The van der Waals surface area contributed by atoms with Gasteiger partial charge < -0.3 is 14.0 Å². The molecule has 0 unspecified atom stereocenters. The summed E-state index contributed by atoms with van der Waals surface area (Å²) < 4.78 is 13.3. The first-order valence-corrected chi connectivity index (χ1v) is 8.51. The molecule has 0 aliphatic carbocycles. The lowest BCUT2D eigenvalue weighted by atomic mass is 10.2. The van der Waals surface area contributed by atoms with Crippen LogP contribution in [0.3, 0.4) is 0 Å². The molecule has 0 aliphatic heterocycles. The molecule has 0 saturated heterocycles. The quantitative estimate of drug-likeness (QED) is 0.598. The van der Waals surface area contributed by atoms with Gasteiger partial charge in [-0.1, -0.05) is 24.3 Å². The normalized spacial score (nSPS) is 10.8. The van der Waals surface area contributed by atoms with Crippen LogP contribution in [0.1, 0.15) is 23.0 Å². The topological polar surface area (TPSA) is 40.5 Å². The van der Waals surface area contributed by atoms with E-state index in [9.17, 15) is 4.79 Å². The molecule has 1 aromatic heterocycles. The molecule has 0 atom stereocenters. The van der Waals surface area contributed by atoms with Gasteiger partial charge in [-0.2, -0.15) is 0 Å². The van der Waals surface area contributed by atoms with Gasteiger partial charge in [-0.15, -0.1) is 0 Å². The maximum atomic E-state index is 12.4. The Kier molecular flexibility index (Phi) is 4.90. The van der Waals surface area contributed by atoms with Crippen molar-refractivity contribution in [3.05, 3.63) is 64.3 Å². The molecule has 0 saturated carbocycles. The molecule has 0 aliphatic rings. The van der Waals surface area contributed by atoms with Crippen molar-refractivity contribution in [3.8, 4) is 5.75 Å². The SMILES string of the molecule is CCOC(=O)c1cc2cccc(Br)c2n1Cc1ccc(OC)cc1. The first kappa shape index (κ1) is 16.6. The Labute approximate surface area is 149 Å². The number of halogens is 1. The molecule has 0 radical (unpaired) electrons. The van der Waals surface area contributed by atoms with E-state index in [0.29, 0.717) is 18.8 Å². The third-order valence-electron chi connectivity index (χ3n) is 3.86. The Morgan fingerprint density at radius 2 is 1.92 bits per heavy atom. The molecular weight excluding hydrogens is 370 g/mol. The summed E-state index contributed by atoms with van der Waals surface area (Å²) in [6, 6.07) is 15.6. The molecule has 5 heteroatoms. The molecule has 1 heterocycles. The predicted octanol–water partition coefficient (Wildman–Crippen LogP) is 4.64. The molecule has 2 aromatic carbocycles. The molecule has 0 fully saturated rings. The lowest BCUT2D eigenvalue weighted by Crippen LogP contribution is -2.13. The monoisotopic (exact) mass is 387 g/mol. The molecule has 124 valence electrons. The van der Waals surface area contributed by atoms with Crippen LogP contribution in [0, 0.1) is 0 Å². The van der Waals surface area contributed by atoms with Crippen LogP contribution in [0.25, 0.3) is 10.9 Å². The minimum Gasteiger partial charge on any atom is -0.497 e. The Morgan fingerprint density at radius 1 is 1.17 bits per heavy atom. The van der Waals surface area contributed by atoms with Gasteiger partial charge in [-0.05, 0) is 52.7 Å². The van der Waals surface area contributed by atoms with Crippen LogP contribution in [-0.2, 0) is 11.3 Å². The van der Waals surface area contributed by atoms with E-state index in [2.05, 4.69) is 15.9 Å². The highest BCUT2D eigenvalue weighted by molar-refractivity contribution is 9.10. The minimum absolute atomic E-state index is 0.311. The molecular formula is C19H18BrNO3. The number of para-hydroxylation sites is 1. The van der Waals surface area contributed by atoms with Crippen molar-refractivity contribution in [3.63, 3.8) is 0 Å². The summed E-state index contributed by atoms with van der Waals surface area (Å²) in [5.74, 6) is 0.497. The van der Waals surface area contributed by atoms with Crippen LogP contribution in [0.4, 0.5) is 0 Å². The molecule has 3 aromatic rings. The van der Waals surface area contributed by atoms with Gasteiger partial charge in [0, 0.05) is 16.4 Å². The summed E-state index contributed by atoms with van der Waals surface area (Å²) in [5.41, 5.74) is 2.61. The average molecular weight is 388 g/mol. The van der Waals surface area contributed by atoms with Crippen LogP contribution in [0.5, 0.6) is 5.75 Å². The highest BCUT2D eigenvalue weighted by Gasteiger charge is 2.18. The number of fused-ring (bicyclic) bond motifs is 1. The van der Waals surface area contributed by atoms with Crippen molar-refractivity contribution in [2.24, 2.45) is 0 Å². The number of esters is 1. The second kappa shape index (κ2) is 7.09. The fourth-order valence-corrected chi connectivity index (χ4v) is 3.33. The molecule has 4 nitrogen and oxygen atoms in total. The summed E-state index contributed by atoms with van der Waals surface area (Å²) in [6.07, 6.45) is 0. The summed E-state index contributed by atoms with van der Waals surface area (Å²) >= 11 is 3.59. The van der Waals surface area contributed by atoms with E-state index in [0.717, 1.165) is 26.7 Å². The van der Waals surface area contributed by atoms with E-state index in [1.807, 2.05) is 60.0 Å². The van der Waals surface area contributed by atoms with E-state index in [1.54, 1.807) is 7.11 Å². The lowest BCUT2D eigenvalue weighted by molar-refractivity contribution is 0.0515. The fraction of sp³-hybridized carbons (Fsp3) is 0.211. The molecule has 0 spiro atoms. The zero-order chi connectivity index (χ0) is 17.1. The summed E-state index contributed by atoms with van der Waals surface area (Å²) in [5, 5.41) is 1.00. The zero-order valence-corrected chi connectivity index (χ0v) is 15.2. The zero-order valence-electron chi connectivity index (χ0n) is 13.6. The van der Waals surface area contributed by atoms with Gasteiger partial charge in [0.2, 0.25) is 0 Å². The number of carbonyl (C=O) groups excluding carboxylic acids is 1. The second-order valence-corrected chi connectivity index (χ2v) is 6.22. The number of rotatable bonds is 5. The maximum Gasteiger partial charge on any atom is 0.354 e. The van der Waals surface area contributed by atoms with Crippen molar-refractivity contribution >= 4 is 32.8 Å². The standard InChI is InChI=1S/C19H18BrNO3/c1-3-24-19(22)17-11-14-5-4-6-16(20)18(14)21(17)12-13-7-9-15(23-2)10-8-13/h4-11H,3,12H2,1-2H3. The van der Waals surface area contributed by atoms with Gasteiger partial charge in [0.1, 0.15) is 11.4 Å². The van der Waals surface area contributed by atoms with Crippen molar-refractivity contribution in [2.75, 3.05) is 13.7 Å². The third-order valence-corrected chi connectivity index (χ3v) is 4.50. The maximum absolute atomic E-state index is 12.4. The summed E-state index contributed by atoms with van der Waals surface area (Å²) in [4.78, 5) is 12.4. The Hall–Kier alpha value is -2.27. The molecule has 0 N–H and O–H groups in total. The third kappa shape index (κ3) is 3.17. The Morgan fingerprint density at radius 3 is 2.58 bits per heavy atom. The number of carbonyl (C=O) groups is 1. The summed E-state index contributed by atoms with van der Waals surface area (Å²) in [6.45, 7) is 2.73. The van der Waals surface area contributed by atoms with Gasteiger partial charge in [0.25, 0.3) is 0 Å². The van der Waals surface area contributed by atoms with Gasteiger partial charge in [0.05, 0.1) is 19.2 Å². The Bertz CT molecular complexity index is 868. The van der Waals surface area contributed by atoms with E-state index in [1.165, 1.54) is 0 Å². The molecule has 0 amide bonds. The minimum atomic E-state index is -0.311. The Balaban J connectivity index is 2.08. The fourth-order valence-electron chi connectivity index (χ4n) is 2.73. The molecule has 0 bridgehead atoms. The van der Waals surface area contributed by atoms with Gasteiger partial charge in [-0.25, -0.2) is 4.79 Å². The van der Waals surface area contributed by atoms with Gasteiger partial charge >= 0.3 is 5.97 Å². The predicted molar refractivity (Wildman–Crippen MR) is 97.7 cm³/mol. The number of ether oxygens (including phenoxy) is 2. The van der Waals surface area contributed by atoms with Crippen LogP contribution < -0.4 is 4.74 Å². The second-order valence-electron chi connectivity index (χ2n) is 5.36. The number of hydrogen-bond acceptors (Lipinski definition) is 3. The van der Waals surface area contributed by atoms with E-state index >= 15 is 0 Å². The highest BCUT2D eigenvalue weighted by Crippen LogP contribution is 2.29. The molecule has 24 heavy (non-hydrogen) atoms. The number of aromatic nitrogens is 1. The molecule has 3 rings (SSSR count). The van der Waals surface area contributed by atoms with E-state index in [4.69, 9.17) is 9.47 Å². The van der Waals surface area contributed by atoms with E-state index in [-0.39, 0.29) is 5.97 Å². The smallest absolute Gasteiger partial charge is 0.354 e. The van der Waals surface area contributed by atoms with Gasteiger partial charge in [0.15, 0.2) is 0 Å². The lowest BCUT2D eigenvalue weighted by Gasteiger charge is -2.12. The van der Waals surface area contributed by atoms with Crippen molar-refractivity contribution in [2.45, 2.75) is 13.5 Å².